The molecule has 0 amide bonds. The maximum atomic E-state index is 11.6. The van der Waals surface area contributed by atoms with Crippen LogP contribution in [0.25, 0.3) is 0 Å². The van der Waals surface area contributed by atoms with Crippen molar-refractivity contribution < 1.29 is 14.6 Å². The molecule has 0 radical (unpaired) electrons. The van der Waals surface area contributed by atoms with Crippen molar-refractivity contribution in [3.8, 4) is 0 Å². The van der Waals surface area contributed by atoms with E-state index in [2.05, 4.69) is 0 Å². The fourth-order valence-electron chi connectivity index (χ4n) is 1.32. The number of ketones is 1. The average Bonchev–Trinajstić information content (AvgIpc) is 2.16. The van der Waals surface area contributed by atoms with Crippen molar-refractivity contribution in [3.63, 3.8) is 0 Å². The Kier molecular flexibility index (Phi) is 7.56. The topological polar surface area (TPSA) is 49.8 Å². The SMILES string of the molecule is CCC(C)C(=O)CN(C)CC(O)COC. The molecule has 1 N–H and O–H groups in total. The molecule has 0 aromatic carbocycles. The number of Topliss-reactive ketones (excluding diaryl/α,β-unsaturated/α-hetero) is 1. The van der Waals surface area contributed by atoms with Gasteiger partial charge in [-0.2, -0.15) is 0 Å². The number of aliphatic hydroxyl groups is 1. The number of aliphatic hydroxyl groups excluding tert-OH is 1. The summed E-state index contributed by atoms with van der Waals surface area (Å²) in [5.74, 6) is 0.330. The van der Waals surface area contributed by atoms with E-state index >= 15 is 0 Å². The number of methoxy groups -OCH3 is 1. The zero-order chi connectivity index (χ0) is 11.8. The van der Waals surface area contributed by atoms with Crippen LogP contribution < -0.4 is 0 Å². The summed E-state index contributed by atoms with van der Waals surface area (Å²) in [6.07, 6.45) is 0.345. The van der Waals surface area contributed by atoms with E-state index in [1.807, 2.05) is 25.8 Å². The molecule has 0 bridgehead atoms. The fourth-order valence-corrected chi connectivity index (χ4v) is 1.32. The van der Waals surface area contributed by atoms with Gasteiger partial charge in [-0.3, -0.25) is 9.69 Å². The Hall–Kier alpha value is -0.450. The molecule has 4 nitrogen and oxygen atoms in total. The molecule has 0 rings (SSSR count). The van der Waals surface area contributed by atoms with E-state index < -0.39 is 6.10 Å². The van der Waals surface area contributed by atoms with Gasteiger partial charge in [-0.25, -0.2) is 0 Å². The van der Waals surface area contributed by atoms with Crippen molar-refractivity contribution in [3.05, 3.63) is 0 Å². The lowest BCUT2D eigenvalue weighted by atomic mass is 10.0. The van der Waals surface area contributed by atoms with Crippen molar-refractivity contribution in [1.82, 2.24) is 4.90 Å². The molecule has 0 aromatic rings. The summed E-state index contributed by atoms with van der Waals surface area (Å²) >= 11 is 0. The van der Waals surface area contributed by atoms with Gasteiger partial charge in [0.1, 0.15) is 5.78 Å². The van der Waals surface area contributed by atoms with Crippen molar-refractivity contribution in [2.24, 2.45) is 5.92 Å². The molecule has 4 heteroatoms. The van der Waals surface area contributed by atoms with Gasteiger partial charge < -0.3 is 9.84 Å². The summed E-state index contributed by atoms with van der Waals surface area (Å²) in [4.78, 5) is 13.4. The van der Waals surface area contributed by atoms with E-state index in [0.29, 0.717) is 19.7 Å². The van der Waals surface area contributed by atoms with Gasteiger partial charge in [0.2, 0.25) is 0 Å². The number of nitrogens with zero attached hydrogens (tertiary/aromatic N) is 1. The van der Waals surface area contributed by atoms with Crippen LogP contribution in [0.2, 0.25) is 0 Å². The highest BCUT2D eigenvalue weighted by Crippen LogP contribution is 2.03. The predicted molar refractivity (Wildman–Crippen MR) is 59.8 cm³/mol. The minimum absolute atomic E-state index is 0.104. The fraction of sp³-hybridized carbons (Fsp3) is 0.909. The first kappa shape index (κ1) is 14.6. The Labute approximate surface area is 92.2 Å². The van der Waals surface area contributed by atoms with Gasteiger partial charge in [-0.15, -0.1) is 0 Å². The minimum atomic E-state index is -0.523. The average molecular weight is 217 g/mol. The number of rotatable bonds is 8. The molecule has 2 unspecified atom stereocenters. The molecule has 2 atom stereocenters. The lowest BCUT2D eigenvalue weighted by Crippen LogP contribution is -2.36. The molecule has 0 heterocycles. The maximum absolute atomic E-state index is 11.6. The van der Waals surface area contributed by atoms with Crippen LogP contribution in [-0.2, 0) is 9.53 Å². The Morgan fingerprint density at radius 1 is 1.53 bits per heavy atom. The molecule has 15 heavy (non-hydrogen) atoms. The summed E-state index contributed by atoms with van der Waals surface area (Å²) in [7, 11) is 3.38. The Morgan fingerprint density at radius 3 is 2.60 bits per heavy atom. The van der Waals surface area contributed by atoms with Gasteiger partial charge in [0.15, 0.2) is 0 Å². The molecule has 0 spiro atoms. The third-order valence-corrected chi connectivity index (χ3v) is 2.47. The van der Waals surface area contributed by atoms with E-state index in [-0.39, 0.29) is 11.7 Å². The standard InChI is InChI=1S/C11H23NO3/c1-5-9(2)11(14)7-12(3)6-10(13)8-15-4/h9-10,13H,5-8H2,1-4H3. The summed E-state index contributed by atoms with van der Waals surface area (Å²) in [6.45, 7) is 5.11. The Balaban J connectivity index is 3.82. The monoisotopic (exact) mass is 217 g/mol. The van der Waals surface area contributed by atoms with Gasteiger partial charge in [-0.1, -0.05) is 13.8 Å². The van der Waals surface area contributed by atoms with Crippen LogP contribution in [0.15, 0.2) is 0 Å². The molecule has 0 aliphatic heterocycles. The van der Waals surface area contributed by atoms with Crippen LogP contribution in [0.1, 0.15) is 20.3 Å². The van der Waals surface area contributed by atoms with Crippen molar-refractivity contribution in [1.29, 1.82) is 0 Å². The number of likely N-dealkylation sites (N-methyl/N-ethyl adjacent to an activating group) is 1. The summed E-state index contributed by atoms with van der Waals surface area (Å²) in [5.41, 5.74) is 0. The molecule has 0 aromatic heterocycles. The summed E-state index contributed by atoms with van der Waals surface area (Å²) in [5, 5.41) is 9.45. The van der Waals surface area contributed by atoms with Crippen LogP contribution in [0, 0.1) is 5.92 Å². The first-order valence-corrected chi connectivity index (χ1v) is 5.39. The summed E-state index contributed by atoms with van der Waals surface area (Å²) < 4.78 is 4.82. The number of carbonyl (C=O) groups excluding carboxylic acids is 1. The Bertz CT molecular complexity index is 185. The van der Waals surface area contributed by atoms with E-state index in [4.69, 9.17) is 4.74 Å². The van der Waals surface area contributed by atoms with E-state index in [9.17, 15) is 9.90 Å². The van der Waals surface area contributed by atoms with Gasteiger partial charge in [0.05, 0.1) is 19.3 Å². The maximum Gasteiger partial charge on any atom is 0.149 e. The Morgan fingerprint density at radius 2 is 2.13 bits per heavy atom. The largest absolute Gasteiger partial charge is 0.389 e. The van der Waals surface area contributed by atoms with Crippen molar-refractivity contribution in [2.45, 2.75) is 26.4 Å². The van der Waals surface area contributed by atoms with E-state index in [0.717, 1.165) is 6.42 Å². The minimum Gasteiger partial charge on any atom is -0.389 e. The summed E-state index contributed by atoms with van der Waals surface area (Å²) in [6, 6.07) is 0. The van der Waals surface area contributed by atoms with Crippen molar-refractivity contribution in [2.75, 3.05) is 33.9 Å². The molecule has 0 fully saturated rings. The molecule has 90 valence electrons. The zero-order valence-corrected chi connectivity index (χ0v) is 10.2. The zero-order valence-electron chi connectivity index (χ0n) is 10.2. The molecule has 0 saturated heterocycles. The van der Waals surface area contributed by atoms with Crippen LogP contribution in [0.3, 0.4) is 0 Å². The second-order valence-electron chi connectivity index (χ2n) is 4.08. The number of hydrogen-bond acceptors (Lipinski definition) is 4. The quantitative estimate of drug-likeness (QED) is 0.645. The lowest BCUT2D eigenvalue weighted by Gasteiger charge is -2.20. The van der Waals surface area contributed by atoms with Gasteiger partial charge >= 0.3 is 0 Å². The van der Waals surface area contributed by atoms with Crippen LogP contribution in [0.4, 0.5) is 0 Å². The number of ether oxygens (including phenoxy) is 1. The van der Waals surface area contributed by atoms with Gasteiger partial charge in [0.25, 0.3) is 0 Å². The van der Waals surface area contributed by atoms with Gasteiger partial charge in [0, 0.05) is 19.6 Å². The van der Waals surface area contributed by atoms with Crippen LogP contribution >= 0.6 is 0 Å². The molecule has 0 aliphatic carbocycles. The highest BCUT2D eigenvalue weighted by atomic mass is 16.5. The second-order valence-corrected chi connectivity index (χ2v) is 4.08. The third kappa shape index (κ3) is 6.60. The smallest absolute Gasteiger partial charge is 0.149 e. The molecular formula is C11H23NO3. The second kappa shape index (κ2) is 7.79. The first-order chi connectivity index (χ1) is 7.01. The van der Waals surface area contributed by atoms with Crippen LogP contribution in [0.5, 0.6) is 0 Å². The number of hydrogen-bond donors (Lipinski definition) is 1. The first-order valence-electron chi connectivity index (χ1n) is 5.39. The number of carbonyl (C=O) groups is 1. The normalized spacial score (nSPS) is 15.3. The van der Waals surface area contributed by atoms with Crippen LogP contribution in [-0.4, -0.2) is 55.7 Å². The highest BCUT2D eigenvalue weighted by molar-refractivity contribution is 5.82. The molecular weight excluding hydrogens is 194 g/mol. The van der Waals surface area contributed by atoms with E-state index in [1.165, 1.54) is 0 Å². The van der Waals surface area contributed by atoms with Gasteiger partial charge in [-0.05, 0) is 13.5 Å². The molecule has 0 saturated carbocycles. The van der Waals surface area contributed by atoms with E-state index in [1.54, 1.807) is 7.11 Å². The van der Waals surface area contributed by atoms with Crippen molar-refractivity contribution >= 4 is 5.78 Å². The lowest BCUT2D eigenvalue weighted by molar-refractivity contribution is -0.123. The highest BCUT2D eigenvalue weighted by Gasteiger charge is 2.15. The third-order valence-electron chi connectivity index (χ3n) is 2.47. The predicted octanol–water partition coefficient (Wildman–Crippen LogP) is 0.541. The molecule has 0 aliphatic rings.